The van der Waals surface area contributed by atoms with Crippen LogP contribution in [0.3, 0.4) is 0 Å². The number of hydrogen-bond donors (Lipinski definition) is 1. The lowest BCUT2D eigenvalue weighted by Gasteiger charge is -2.01. The molecule has 0 atom stereocenters. The van der Waals surface area contributed by atoms with Crippen molar-refractivity contribution in [3.8, 4) is 0 Å². The molecule has 0 bridgehead atoms. The van der Waals surface area contributed by atoms with Crippen molar-refractivity contribution in [2.45, 2.75) is 22.8 Å². The molecule has 0 aliphatic rings. The zero-order valence-electron chi connectivity index (χ0n) is 8.48. The van der Waals surface area contributed by atoms with Gasteiger partial charge in [0.2, 0.25) is 0 Å². The highest BCUT2D eigenvalue weighted by Crippen LogP contribution is 2.31. The molecule has 6 heteroatoms. The second-order valence-electron chi connectivity index (χ2n) is 3.11. The van der Waals surface area contributed by atoms with Crippen molar-refractivity contribution in [1.29, 1.82) is 0 Å². The molecule has 0 saturated carbocycles. The second kappa shape index (κ2) is 4.90. The Morgan fingerprint density at radius 1 is 1.44 bits per heavy atom. The summed E-state index contributed by atoms with van der Waals surface area (Å²) in [6.07, 6.45) is 0. The average Bonchev–Trinajstić information content (AvgIpc) is 2.67. The smallest absolute Gasteiger partial charge is 0.179 e. The molecule has 0 fully saturated rings. The molecule has 0 amide bonds. The van der Waals surface area contributed by atoms with Crippen LogP contribution in [0.25, 0.3) is 0 Å². The van der Waals surface area contributed by atoms with E-state index in [1.54, 1.807) is 12.1 Å². The topological polar surface area (TPSA) is 46.0 Å². The van der Waals surface area contributed by atoms with Crippen molar-refractivity contribution in [3.63, 3.8) is 0 Å². The first-order valence-corrected chi connectivity index (χ1v) is 6.19. The van der Waals surface area contributed by atoms with E-state index in [4.69, 9.17) is 5.11 Å². The number of aliphatic hydroxyl groups is 1. The van der Waals surface area contributed by atoms with Crippen LogP contribution in [-0.2, 0) is 6.61 Å². The summed E-state index contributed by atoms with van der Waals surface area (Å²) < 4.78 is 14.3. The average molecular weight is 256 g/mol. The van der Waals surface area contributed by atoms with Gasteiger partial charge in [-0.25, -0.2) is 4.39 Å². The second-order valence-corrected chi connectivity index (χ2v) is 5.58. The summed E-state index contributed by atoms with van der Waals surface area (Å²) in [5, 5.41) is 17.5. The molecule has 0 radical (unpaired) electrons. The summed E-state index contributed by atoms with van der Waals surface area (Å²) in [4.78, 5) is 0.494. The monoisotopic (exact) mass is 256 g/mol. The van der Waals surface area contributed by atoms with Gasteiger partial charge in [-0.1, -0.05) is 29.2 Å². The molecule has 2 aromatic rings. The lowest BCUT2D eigenvalue weighted by atomic mass is 10.2. The molecular formula is C10H9FN2OS2. The fraction of sp³-hybridized carbons (Fsp3) is 0.200. The number of aromatic nitrogens is 2. The van der Waals surface area contributed by atoms with E-state index in [0.29, 0.717) is 14.8 Å². The molecular weight excluding hydrogens is 247 g/mol. The van der Waals surface area contributed by atoms with Crippen molar-refractivity contribution in [2.75, 3.05) is 0 Å². The number of hydrogen-bond acceptors (Lipinski definition) is 5. The number of benzene rings is 1. The van der Waals surface area contributed by atoms with Gasteiger partial charge in [0, 0.05) is 0 Å². The molecule has 0 spiro atoms. The number of nitrogens with zero attached hydrogens (tertiary/aromatic N) is 2. The van der Waals surface area contributed by atoms with Gasteiger partial charge in [0.25, 0.3) is 0 Å². The van der Waals surface area contributed by atoms with Crippen LogP contribution in [0.2, 0.25) is 0 Å². The Morgan fingerprint density at radius 3 is 2.81 bits per heavy atom. The van der Waals surface area contributed by atoms with E-state index >= 15 is 0 Å². The number of aryl methyl sites for hydroxylation is 1. The third-order valence-corrected chi connectivity index (χ3v) is 3.82. The number of aliphatic hydroxyl groups excluding tert-OH is 1. The normalized spacial score (nSPS) is 10.7. The first-order chi connectivity index (χ1) is 7.69. The molecule has 2 rings (SSSR count). The maximum atomic E-state index is 13.6. The molecule has 84 valence electrons. The molecule has 16 heavy (non-hydrogen) atoms. The third-order valence-electron chi connectivity index (χ3n) is 1.88. The van der Waals surface area contributed by atoms with Crippen molar-refractivity contribution >= 4 is 23.1 Å². The van der Waals surface area contributed by atoms with Gasteiger partial charge in [-0.3, -0.25) is 0 Å². The van der Waals surface area contributed by atoms with Crippen molar-refractivity contribution in [3.05, 3.63) is 34.6 Å². The fourth-order valence-corrected chi connectivity index (χ4v) is 2.92. The van der Waals surface area contributed by atoms with Crippen molar-refractivity contribution < 1.29 is 9.50 Å². The number of rotatable bonds is 3. The zero-order chi connectivity index (χ0) is 11.5. The minimum Gasteiger partial charge on any atom is -0.392 e. The minimum absolute atomic E-state index is 0.153. The zero-order valence-corrected chi connectivity index (χ0v) is 10.1. The van der Waals surface area contributed by atoms with E-state index in [2.05, 4.69) is 10.2 Å². The van der Waals surface area contributed by atoms with Crippen LogP contribution in [0.15, 0.2) is 27.4 Å². The van der Waals surface area contributed by atoms with Crippen LogP contribution in [0.5, 0.6) is 0 Å². The largest absolute Gasteiger partial charge is 0.392 e. The lowest BCUT2D eigenvalue weighted by molar-refractivity contribution is 0.281. The van der Waals surface area contributed by atoms with Gasteiger partial charge < -0.3 is 5.11 Å². The third kappa shape index (κ3) is 2.58. The maximum absolute atomic E-state index is 13.6. The Balaban J connectivity index is 2.21. The molecule has 0 aliphatic carbocycles. The van der Waals surface area contributed by atoms with E-state index in [1.165, 1.54) is 29.2 Å². The predicted octanol–water partition coefficient (Wildman–Crippen LogP) is 2.63. The van der Waals surface area contributed by atoms with E-state index in [0.717, 1.165) is 5.01 Å². The van der Waals surface area contributed by atoms with Crippen LogP contribution in [0, 0.1) is 12.7 Å². The summed E-state index contributed by atoms with van der Waals surface area (Å²) in [5.41, 5.74) is 0.565. The Morgan fingerprint density at radius 2 is 2.25 bits per heavy atom. The SMILES string of the molecule is Cc1nnc(Sc2ccc(CO)cc2F)s1. The van der Waals surface area contributed by atoms with Gasteiger partial charge in [-0.05, 0) is 24.6 Å². The standard InChI is InChI=1S/C10H9FN2OS2/c1-6-12-13-10(15-6)16-9-3-2-7(5-14)4-8(9)11/h2-4,14H,5H2,1H3. The Kier molecular flexibility index (Phi) is 3.52. The molecule has 0 aliphatic heterocycles. The summed E-state index contributed by atoms with van der Waals surface area (Å²) in [5.74, 6) is -0.343. The Bertz CT molecular complexity index is 501. The van der Waals surface area contributed by atoms with Crippen LogP contribution in [0.1, 0.15) is 10.6 Å². The van der Waals surface area contributed by atoms with Gasteiger partial charge in [-0.15, -0.1) is 10.2 Å². The highest BCUT2D eigenvalue weighted by molar-refractivity contribution is 8.01. The first kappa shape index (κ1) is 11.5. The molecule has 3 nitrogen and oxygen atoms in total. The van der Waals surface area contributed by atoms with E-state index in [9.17, 15) is 4.39 Å². The van der Waals surface area contributed by atoms with Gasteiger partial charge in [0.15, 0.2) is 4.34 Å². The van der Waals surface area contributed by atoms with Crippen molar-refractivity contribution in [2.24, 2.45) is 0 Å². The predicted molar refractivity (Wildman–Crippen MR) is 61.1 cm³/mol. The molecule has 1 aromatic carbocycles. The van der Waals surface area contributed by atoms with Gasteiger partial charge in [-0.2, -0.15) is 0 Å². The summed E-state index contributed by atoms with van der Waals surface area (Å²) in [6.45, 7) is 1.70. The molecule has 1 heterocycles. The van der Waals surface area contributed by atoms with Gasteiger partial charge in [0.05, 0.1) is 11.5 Å². The van der Waals surface area contributed by atoms with Crippen LogP contribution >= 0.6 is 23.1 Å². The first-order valence-electron chi connectivity index (χ1n) is 4.56. The quantitative estimate of drug-likeness (QED) is 0.917. The van der Waals surface area contributed by atoms with Crippen LogP contribution < -0.4 is 0 Å². The van der Waals surface area contributed by atoms with Gasteiger partial charge in [0.1, 0.15) is 10.8 Å². The Hall–Kier alpha value is -0.980. The molecule has 1 N–H and O–H groups in total. The molecule has 0 unspecified atom stereocenters. The minimum atomic E-state index is -0.343. The maximum Gasteiger partial charge on any atom is 0.179 e. The highest BCUT2D eigenvalue weighted by atomic mass is 32.2. The summed E-state index contributed by atoms with van der Waals surface area (Å²) in [7, 11) is 0. The molecule has 1 aromatic heterocycles. The fourth-order valence-electron chi connectivity index (χ4n) is 1.14. The molecule has 0 saturated heterocycles. The number of halogens is 1. The Labute approximate surface area is 100 Å². The summed E-state index contributed by atoms with van der Waals surface area (Å²) >= 11 is 2.67. The van der Waals surface area contributed by atoms with Crippen LogP contribution in [-0.4, -0.2) is 15.3 Å². The van der Waals surface area contributed by atoms with E-state index < -0.39 is 0 Å². The van der Waals surface area contributed by atoms with E-state index in [1.807, 2.05) is 6.92 Å². The lowest BCUT2D eigenvalue weighted by Crippen LogP contribution is -1.87. The highest BCUT2D eigenvalue weighted by Gasteiger charge is 2.08. The summed E-state index contributed by atoms with van der Waals surface area (Å²) in [6, 6.07) is 4.66. The van der Waals surface area contributed by atoms with Gasteiger partial charge >= 0.3 is 0 Å². The van der Waals surface area contributed by atoms with E-state index in [-0.39, 0.29) is 12.4 Å². The van der Waals surface area contributed by atoms with Crippen molar-refractivity contribution in [1.82, 2.24) is 10.2 Å². The van der Waals surface area contributed by atoms with Crippen LogP contribution in [0.4, 0.5) is 4.39 Å².